The predicted octanol–water partition coefficient (Wildman–Crippen LogP) is 3.83. The second-order valence-electron chi connectivity index (χ2n) is 4.45. The molecule has 0 saturated carbocycles. The van der Waals surface area contributed by atoms with Crippen molar-refractivity contribution in [1.29, 1.82) is 0 Å². The fourth-order valence-electron chi connectivity index (χ4n) is 2.11. The minimum Gasteiger partial charge on any atom is -0.486 e. The van der Waals surface area contributed by atoms with Gasteiger partial charge in [0.25, 0.3) is 0 Å². The SMILES string of the molecule is CC.Cc1oc2ccc(OCc3ncccn3)cc2c1C(=O)O. The van der Waals surface area contributed by atoms with Crippen LogP contribution in [-0.4, -0.2) is 21.0 Å². The van der Waals surface area contributed by atoms with Crippen molar-refractivity contribution in [3.63, 3.8) is 0 Å². The highest BCUT2D eigenvalue weighted by atomic mass is 16.5. The Balaban J connectivity index is 0.000000924. The maximum atomic E-state index is 11.3. The number of fused-ring (bicyclic) bond motifs is 1. The van der Waals surface area contributed by atoms with Crippen LogP contribution in [0.3, 0.4) is 0 Å². The van der Waals surface area contributed by atoms with Crippen LogP contribution in [0.4, 0.5) is 0 Å². The van der Waals surface area contributed by atoms with Crippen LogP contribution in [0.5, 0.6) is 5.75 Å². The summed E-state index contributed by atoms with van der Waals surface area (Å²) in [6.45, 7) is 5.84. The number of rotatable bonds is 4. The normalized spacial score (nSPS) is 10.0. The van der Waals surface area contributed by atoms with Gasteiger partial charge in [0.15, 0.2) is 5.82 Å². The highest BCUT2D eigenvalue weighted by molar-refractivity contribution is 6.03. The molecule has 0 unspecified atom stereocenters. The quantitative estimate of drug-likeness (QED) is 0.787. The second-order valence-corrected chi connectivity index (χ2v) is 4.45. The van der Waals surface area contributed by atoms with E-state index >= 15 is 0 Å². The summed E-state index contributed by atoms with van der Waals surface area (Å²) in [5.41, 5.74) is 0.680. The van der Waals surface area contributed by atoms with Crippen LogP contribution in [0.2, 0.25) is 0 Å². The highest BCUT2D eigenvalue weighted by Gasteiger charge is 2.17. The van der Waals surface area contributed by atoms with Crippen LogP contribution in [0.25, 0.3) is 11.0 Å². The van der Waals surface area contributed by atoms with Crippen molar-refractivity contribution >= 4 is 16.9 Å². The molecular weight excluding hydrogens is 296 g/mol. The third kappa shape index (κ3) is 3.66. The molecule has 0 aliphatic rings. The van der Waals surface area contributed by atoms with E-state index in [1.165, 1.54) is 0 Å². The molecule has 0 radical (unpaired) electrons. The molecule has 1 N–H and O–H groups in total. The number of aromatic carboxylic acids is 1. The number of hydrogen-bond donors (Lipinski definition) is 1. The number of nitrogens with zero attached hydrogens (tertiary/aromatic N) is 2. The van der Waals surface area contributed by atoms with E-state index in [0.717, 1.165) is 0 Å². The minimum absolute atomic E-state index is 0.159. The number of ether oxygens (including phenoxy) is 1. The van der Waals surface area contributed by atoms with Crippen molar-refractivity contribution in [1.82, 2.24) is 9.97 Å². The fourth-order valence-corrected chi connectivity index (χ4v) is 2.11. The summed E-state index contributed by atoms with van der Waals surface area (Å²) in [7, 11) is 0. The van der Waals surface area contributed by atoms with Gasteiger partial charge < -0.3 is 14.3 Å². The number of carboxylic acid groups (broad SMARTS) is 1. The van der Waals surface area contributed by atoms with Gasteiger partial charge in [-0.15, -0.1) is 0 Å². The van der Waals surface area contributed by atoms with Crippen molar-refractivity contribution in [3.8, 4) is 5.75 Å². The van der Waals surface area contributed by atoms with Gasteiger partial charge in [-0.2, -0.15) is 0 Å². The summed E-state index contributed by atoms with van der Waals surface area (Å²) in [6.07, 6.45) is 3.27. The molecule has 0 atom stereocenters. The Kier molecular flexibility index (Phi) is 5.30. The molecule has 0 aliphatic heterocycles. The van der Waals surface area contributed by atoms with E-state index in [0.29, 0.717) is 28.3 Å². The van der Waals surface area contributed by atoms with E-state index in [9.17, 15) is 9.90 Å². The summed E-state index contributed by atoms with van der Waals surface area (Å²) in [6, 6.07) is 6.79. The summed E-state index contributed by atoms with van der Waals surface area (Å²) in [5.74, 6) is 0.452. The lowest BCUT2D eigenvalue weighted by atomic mass is 10.1. The smallest absolute Gasteiger partial charge is 0.339 e. The molecule has 0 saturated heterocycles. The summed E-state index contributed by atoms with van der Waals surface area (Å²) in [4.78, 5) is 19.4. The third-order valence-electron chi connectivity index (χ3n) is 3.04. The molecule has 0 spiro atoms. The lowest BCUT2D eigenvalue weighted by molar-refractivity contribution is 0.0697. The van der Waals surface area contributed by atoms with Crippen molar-refractivity contribution < 1.29 is 19.1 Å². The van der Waals surface area contributed by atoms with Gasteiger partial charge in [-0.05, 0) is 31.2 Å². The number of aryl methyl sites for hydroxylation is 1. The maximum absolute atomic E-state index is 11.3. The Bertz CT molecular complexity index is 797. The first kappa shape index (κ1) is 16.5. The van der Waals surface area contributed by atoms with Gasteiger partial charge >= 0.3 is 5.97 Å². The van der Waals surface area contributed by atoms with Crippen LogP contribution in [0.1, 0.15) is 35.8 Å². The molecule has 0 aliphatic carbocycles. The Morgan fingerprint density at radius 3 is 2.61 bits per heavy atom. The van der Waals surface area contributed by atoms with E-state index in [-0.39, 0.29) is 12.2 Å². The molecule has 23 heavy (non-hydrogen) atoms. The first-order valence-electron chi connectivity index (χ1n) is 7.30. The monoisotopic (exact) mass is 314 g/mol. The molecule has 3 rings (SSSR count). The number of carboxylic acids is 1. The zero-order chi connectivity index (χ0) is 16.8. The van der Waals surface area contributed by atoms with Gasteiger partial charge in [0.1, 0.15) is 29.3 Å². The molecule has 120 valence electrons. The number of benzene rings is 1. The first-order valence-corrected chi connectivity index (χ1v) is 7.30. The molecule has 0 bridgehead atoms. The van der Waals surface area contributed by atoms with Gasteiger partial charge in [-0.1, -0.05) is 13.8 Å². The molecule has 2 aromatic heterocycles. The summed E-state index contributed by atoms with van der Waals surface area (Å²) < 4.78 is 11.0. The molecule has 1 aromatic carbocycles. The molecule has 3 aromatic rings. The van der Waals surface area contributed by atoms with E-state index in [2.05, 4.69) is 9.97 Å². The molecule has 0 fully saturated rings. The molecular formula is C17H18N2O4. The van der Waals surface area contributed by atoms with Crippen molar-refractivity contribution in [3.05, 3.63) is 53.8 Å². The Morgan fingerprint density at radius 1 is 1.26 bits per heavy atom. The third-order valence-corrected chi connectivity index (χ3v) is 3.04. The Labute approximate surface area is 133 Å². The molecule has 6 nitrogen and oxygen atoms in total. The molecule has 2 heterocycles. The lowest BCUT2D eigenvalue weighted by Gasteiger charge is -2.04. The second kappa shape index (κ2) is 7.40. The molecule has 0 amide bonds. The van der Waals surface area contributed by atoms with Crippen LogP contribution in [0.15, 0.2) is 41.1 Å². The van der Waals surface area contributed by atoms with E-state index in [1.54, 1.807) is 43.6 Å². The van der Waals surface area contributed by atoms with Crippen LogP contribution in [-0.2, 0) is 6.61 Å². The van der Waals surface area contributed by atoms with Crippen LogP contribution < -0.4 is 4.74 Å². The zero-order valence-corrected chi connectivity index (χ0v) is 13.2. The zero-order valence-electron chi connectivity index (χ0n) is 13.2. The van der Waals surface area contributed by atoms with Gasteiger partial charge in [0, 0.05) is 17.8 Å². The van der Waals surface area contributed by atoms with Crippen molar-refractivity contribution in [2.45, 2.75) is 27.4 Å². The highest BCUT2D eigenvalue weighted by Crippen LogP contribution is 2.29. The van der Waals surface area contributed by atoms with Gasteiger partial charge in [-0.3, -0.25) is 0 Å². The van der Waals surface area contributed by atoms with E-state index in [4.69, 9.17) is 9.15 Å². The van der Waals surface area contributed by atoms with Gasteiger partial charge in [0.05, 0.1) is 0 Å². The summed E-state index contributed by atoms with van der Waals surface area (Å²) in [5, 5.41) is 9.75. The Hall–Kier alpha value is -2.89. The van der Waals surface area contributed by atoms with E-state index < -0.39 is 5.97 Å². The fraction of sp³-hybridized carbons (Fsp3) is 0.235. The standard InChI is InChI=1S/C15H12N2O4.C2H6/c1-9-14(15(18)19)11-7-10(3-4-12(11)21-9)20-8-13-16-5-2-6-17-13;1-2/h2-7H,8H2,1H3,(H,18,19);1-2H3. The number of aromatic nitrogens is 2. The lowest BCUT2D eigenvalue weighted by Crippen LogP contribution is -2.00. The average molecular weight is 314 g/mol. The van der Waals surface area contributed by atoms with E-state index in [1.807, 2.05) is 13.8 Å². The Morgan fingerprint density at radius 2 is 1.96 bits per heavy atom. The van der Waals surface area contributed by atoms with Crippen molar-refractivity contribution in [2.24, 2.45) is 0 Å². The number of furan rings is 1. The summed E-state index contributed by atoms with van der Waals surface area (Å²) >= 11 is 0. The minimum atomic E-state index is -1.02. The topological polar surface area (TPSA) is 85.5 Å². The average Bonchev–Trinajstić information content (AvgIpc) is 2.91. The maximum Gasteiger partial charge on any atom is 0.339 e. The largest absolute Gasteiger partial charge is 0.486 e. The number of carbonyl (C=O) groups is 1. The van der Waals surface area contributed by atoms with Crippen LogP contribution >= 0.6 is 0 Å². The molecule has 6 heteroatoms. The number of hydrogen-bond acceptors (Lipinski definition) is 5. The van der Waals surface area contributed by atoms with Gasteiger partial charge in [0.2, 0.25) is 0 Å². The first-order chi connectivity index (χ1) is 11.1. The van der Waals surface area contributed by atoms with Gasteiger partial charge in [-0.25, -0.2) is 14.8 Å². The predicted molar refractivity (Wildman–Crippen MR) is 85.6 cm³/mol. The van der Waals surface area contributed by atoms with Crippen molar-refractivity contribution in [2.75, 3.05) is 0 Å². The van der Waals surface area contributed by atoms with Crippen LogP contribution in [0, 0.1) is 6.92 Å².